The Morgan fingerprint density at radius 1 is 1.12 bits per heavy atom. The number of anilines is 2. The molecule has 2 aromatic heterocycles. The number of ether oxygens (including phenoxy) is 1. The topological polar surface area (TPSA) is 86.0 Å². The van der Waals surface area contributed by atoms with Crippen molar-refractivity contribution in [2.45, 2.75) is 12.2 Å². The molecule has 130 valence electrons. The lowest BCUT2D eigenvalue weighted by Gasteiger charge is -2.22. The van der Waals surface area contributed by atoms with Gasteiger partial charge in [0.2, 0.25) is 5.95 Å². The van der Waals surface area contributed by atoms with Gasteiger partial charge in [0.1, 0.15) is 11.6 Å². The lowest BCUT2D eigenvalue weighted by molar-refractivity contribution is -0.144. The second kappa shape index (κ2) is 6.42. The highest BCUT2D eigenvalue weighted by atomic mass is 19.4. The molecule has 0 aliphatic rings. The minimum Gasteiger partial charge on any atom is -0.496 e. The number of rotatable bonds is 4. The highest BCUT2D eigenvalue weighted by Crippen LogP contribution is 2.38. The van der Waals surface area contributed by atoms with Crippen LogP contribution in [0.25, 0.3) is 10.9 Å². The molecule has 0 saturated carbocycles. The van der Waals surface area contributed by atoms with Crippen LogP contribution < -0.4 is 15.8 Å². The van der Waals surface area contributed by atoms with E-state index in [9.17, 15) is 13.2 Å². The number of fused-ring (bicyclic) bond motifs is 1. The van der Waals surface area contributed by atoms with Crippen LogP contribution in [0.15, 0.2) is 42.6 Å². The van der Waals surface area contributed by atoms with Gasteiger partial charge in [0.25, 0.3) is 0 Å². The van der Waals surface area contributed by atoms with E-state index >= 15 is 0 Å². The molecule has 25 heavy (non-hydrogen) atoms. The first kappa shape index (κ1) is 16.7. The Bertz CT molecular complexity index is 886. The summed E-state index contributed by atoms with van der Waals surface area (Å²) in [5.41, 5.74) is 5.83. The molecule has 0 aliphatic heterocycles. The molecule has 0 aliphatic carbocycles. The van der Waals surface area contributed by atoms with Crippen molar-refractivity contribution in [1.82, 2.24) is 15.0 Å². The van der Waals surface area contributed by atoms with E-state index in [1.165, 1.54) is 31.5 Å². The molecule has 0 fully saturated rings. The van der Waals surface area contributed by atoms with Crippen molar-refractivity contribution in [3.8, 4) is 5.75 Å². The Hall–Kier alpha value is -3.10. The number of hydrogen-bond acceptors (Lipinski definition) is 6. The van der Waals surface area contributed by atoms with Gasteiger partial charge in [-0.25, -0.2) is 4.98 Å². The van der Waals surface area contributed by atoms with Crippen LogP contribution in [0.4, 0.5) is 24.9 Å². The summed E-state index contributed by atoms with van der Waals surface area (Å²) in [5, 5.41) is 2.70. The van der Waals surface area contributed by atoms with E-state index in [1.54, 1.807) is 18.2 Å². The quantitative estimate of drug-likeness (QED) is 0.751. The molecule has 3 N–H and O–H groups in total. The van der Waals surface area contributed by atoms with E-state index in [2.05, 4.69) is 20.3 Å². The fourth-order valence-corrected chi connectivity index (χ4v) is 2.45. The van der Waals surface area contributed by atoms with Gasteiger partial charge >= 0.3 is 6.18 Å². The fraction of sp³-hybridized carbons (Fsp3) is 0.188. The van der Waals surface area contributed by atoms with Gasteiger partial charge in [-0.3, -0.25) is 4.98 Å². The van der Waals surface area contributed by atoms with Crippen molar-refractivity contribution in [1.29, 1.82) is 0 Å². The van der Waals surface area contributed by atoms with E-state index < -0.39 is 12.2 Å². The Kier molecular flexibility index (Phi) is 4.30. The van der Waals surface area contributed by atoms with Crippen LogP contribution in [-0.4, -0.2) is 28.2 Å². The number of halogens is 3. The summed E-state index contributed by atoms with van der Waals surface area (Å²) in [6.45, 7) is 0. The van der Waals surface area contributed by atoms with Crippen molar-refractivity contribution in [3.63, 3.8) is 0 Å². The van der Waals surface area contributed by atoms with Crippen LogP contribution in [0, 0.1) is 0 Å². The Balaban J connectivity index is 2.15. The van der Waals surface area contributed by atoms with Gasteiger partial charge < -0.3 is 15.8 Å². The lowest BCUT2D eigenvalue weighted by atomic mass is 10.1. The number of nitrogen functional groups attached to an aromatic ring is 1. The molecule has 1 unspecified atom stereocenters. The van der Waals surface area contributed by atoms with Gasteiger partial charge in [0, 0.05) is 6.20 Å². The molecule has 0 amide bonds. The van der Waals surface area contributed by atoms with Crippen LogP contribution >= 0.6 is 0 Å². The standard InChI is InChI=1S/C16H14F3N5O/c1-25-11-7-4-6-9-12(11)14(24-15(20)22-9)23-13(16(17,18)19)10-5-2-3-8-21-10/h2-8,13H,1H3,(H3,20,22,23,24). The minimum atomic E-state index is -4.59. The number of pyridine rings is 1. The van der Waals surface area contributed by atoms with Crippen molar-refractivity contribution >= 4 is 22.7 Å². The maximum atomic E-state index is 13.6. The number of alkyl halides is 3. The molecule has 9 heteroatoms. The normalized spacial score (nSPS) is 12.8. The maximum Gasteiger partial charge on any atom is 0.414 e. The highest BCUT2D eigenvalue weighted by Gasteiger charge is 2.42. The van der Waals surface area contributed by atoms with Crippen LogP contribution in [0.5, 0.6) is 5.75 Å². The fourth-order valence-electron chi connectivity index (χ4n) is 2.45. The summed E-state index contributed by atoms with van der Waals surface area (Å²) < 4.78 is 45.9. The number of nitrogens with one attached hydrogen (secondary N) is 1. The summed E-state index contributed by atoms with van der Waals surface area (Å²) in [5.74, 6) is 0.111. The number of nitrogens with two attached hydrogens (primary N) is 1. The SMILES string of the molecule is COc1cccc2nc(N)nc(NC(c3ccccn3)C(F)(F)F)c12. The maximum absolute atomic E-state index is 13.6. The van der Waals surface area contributed by atoms with Gasteiger partial charge in [-0.1, -0.05) is 12.1 Å². The average Bonchev–Trinajstić information content (AvgIpc) is 2.58. The molecule has 0 saturated heterocycles. The van der Waals surface area contributed by atoms with Crippen LogP contribution in [0.2, 0.25) is 0 Å². The molecular weight excluding hydrogens is 335 g/mol. The first-order chi connectivity index (χ1) is 11.9. The average molecular weight is 349 g/mol. The van der Waals surface area contributed by atoms with E-state index in [-0.39, 0.29) is 17.5 Å². The number of nitrogens with zero attached hydrogens (tertiary/aromatic N) is 3. The van der Waals surface area contributed by atoms with Crippen LogP contribution in [0.1, 0.15) is 11.7 Å². The van der Waals surface area contributed by atoms with Crippen molar-refractivity contribution in [2.24, 2.45) is 0 Å². The van der Waals surface area contributed by atoms with E-state index in [0.29, 0.717) is 16.7 Å². The molecule has 2 heterocycles. The molecule has 0 radical (unpaired) electrons. The third-order valence-electron chi connectivity index (χ3n) is 3.51. The highest BCUT2D eigenvalue weighted by molar-refractivity contribution is 5.95. The monoisotopic (exact) mass is 349 g/mol. The van der Waals surface area contributed by atoms with Gasteiger partial charge in [-0.15, -0.1) is 0 Å². The summed E-state index contributed by atoms with van der Waals surface area (Å²) in [7, 11) is 1.41. The predicted octanol–water partition coefficient (Wildman–Crippen LogP) is 3.33. The summed E-state index contributed by atoms with van der Waals surface area (Å²) in [6.07, 6.45) is -3.30. The van der Waals surface area contributed by atoms with Gasteiger partial charge in [0.05, 0.1) is 23.7 Å². The third-order valence-corrected chi connectivity index (χ3v) is 3.51. The predicted molar refractivity (Wildman–Crippen MR) is 87.2 cm³/mol. The zero-order chi connectivity index (χ0) is 18.0. The van der Waals surface area contributed by atoms with Crippen molar-refractivity contribution < 1.29 is 17.9 Å². The van der Waals surface area contributed by atoms with Gasteiger partial charge in [0.15, 0.2) is 6.04 Å². The number of benzene rings is 1. The van der Waals surface area contributed by atoms with Crippen molar-refractivity contribution in [2.75, 3.05) is 18.2 Å². The van der Waals surface area contributed by atoms with Gasteiger partial charge in [-0.2, -0.15) is 18.2 Å². The van der Waals surface area contributed by atoms with Crippen molar-refractivity contribution in [3.05, 3.63) is 48.3 Å². The van der Waals surface area contributed by atoms with Crippen LogP contribution in [0.3, 0.4) is 0 Å². The third kappa shape index (κ3) is 3.39. The number of methoxy groups -OCH3 is 1. The summed E-state index contributed by atoms with van der Waals surface area (Å²) in [4.78, 5) is 11.8. The molecule has 3 aromatic rings. The van der Waals surface area contributed by atoms with Gasteiger partial charge in [-0.05, 0) is 24.3 Å². The summed E-state index contributed by atoms with van der Waals surface area (Å²) in [6, 6.07) is 7.14. The number of aromatic nitrogens is 3. The Morgan fingerprint density at radius 2 is 1.92 bits per heavy atom. The Morgan fingerprint density at radius 3 is 2.56 bits per heavy atom. The molecule has 0 spiro atoms. The molecule has 6 nitrogen and oxygen atoms in total. The largest absolute Gasteiger partial charge is 0.496 e. The summed E-state index contributed by atoms with van der Waals surface area (Å²) >= 11 is 0. The van der Waals surface area contributed by atoms with E-state index in [1.807, 2.05) is 0 Å². The smallest absolute Gasteiger partial charge is 0.414 e. The molecule has 1 atom stereocenters. The first-order valence-corrected chi connectivity index (χ1v) is 7.24. The number of hydrogen-bond donors (Lipinski definition) is 2. The lowest BCUT2D eigenvalue weighted by Crippen LogP contribution is -2.29. The molecule has 1 aromatic carbocycles. The Labute approximate surface area is 140 Å². The zero-order valence-electron chi connectivity index (χ0n) is 13.1. The van der Waals surface area contributed by atoms with Crippen LogP contribution in [-0.2, 0) is 0 Å². The zero-order valence-corrected chi connectivity index (χ0v) is 13.1. The second-order valence-electron chi connectivity index (χ2n) is 5.16. The molecule has 0 bridgehead atoms. The first-order valence-electron chi connectivity index (χ1n) is 7.24. The second-order valence-corrected chi connectivity index (χ2v) is 5.16. The minimum absolute atomic E-state index is 0.0760. The molecular formula is C16H14F3N5O. The van der Waals surface area contributed by atoms with E-state index in [0.717, 1.165) is 0 Å². The molecule has 3 rings (SSSR count). The van der Waals surface area contributed by atoms with E-state index in [4.69, 9.17) is 10.5 Å².